The van der Waals surface area contributed by atoms with Crippen molar-refractivity contribution in [2.24, 2.45) is 0 Å². The predicted octanol–water partition coefficient (Wildman–Crippen LogP) is 3.11. The lowest BCUT2D eigenvalue weighted by molar-refractivity contribution is 0.246. The van der Waals surface area contributed by atoms with Gasteiger partial charge in [-0.2, -0.15) is 0 Å². The molecule has 1 heterocycles. The molecule has 2 amide bonds. The van der Waals surface area contributed by atoms with E-state index in [1.807, 2.05) is 33.1 Å². The molecule has 0 saturated heterocycles. The van der Waals surface area contributed by atoms with Crippen LogP contribution in [0.4, 0.5) is 16.2 Å². The number of allylic oxidation sites excluding steroid dienone is 1. The Labute approximate surface area is 148 Å². The van der Waals surface area contributed by atoms with Crippen LogP contribution in [0.15, 0.2) is 45.8 Å². The zero-order chi connectivity index (χ0) is 17.4. The first kappa shape index (κ1) is 16.8. The van der Waals surface area contributed by atoms with Crippen LogP contribution in [0.1, 0.15) is 6.42 Å². The zero-order valence-electron chi connectivity index (χ0n) is 14.8. The van der Waals surface area contributed by atoms with Gasteiger partial charge in [0, 0.05) is 56.4 Å². The third kappa shape index (κ3) is 2.86. The van der Waals surface area contributed by atoms with E-state index in [9.17, 15) is 4.79 Å². The summed E-state index contributed by atoms with van der Waals surface area (Å²) in [5.41, 5.74) is 3.31. The van der Waals surface area contributed by atoms with Crippen LogP contribution in [0.2, 0.25) is 0 Å². The molecular formula is C18H24N4OS. The van der Waals surface area contributed by atoms with Crippen molar-refractivity contribution < 1.29 is 4.79 Å². The first-order valence-electron chi connectivity index (χ1n) is 8.01. The summed E-state index contributed by atoms with van der Waals surface area (Å²) < 4.78 is 0. The number of nitrogens with zero attached hydrogens (tertiary/aromatic N) is 3. The predicted molar refractivity (Wildman–Crippen MR) is 102 cm³/mol. The summed E-state index contributed by atoms with van der Waals surface area (Å²) in [4.78, 5) is 21.0. The summed E-state index contributed by atoms with van der Waals surface area (Å²) in [7, 11) is 9.84. The molecule has 6 heteroatoms. The van der Waals surface area contributed by atoms with Gasteiger partial charge in [0.25, 0.3) is 0 Å². The second-order valence-electron chi connectivity index (χ2n) is 6.40. The van der Waals surface area contributed by atoms with Crippen LogP contribution >= 0.6 is 11.8 Å². The van der Waals surface area contributed by atoms with Crippen molar-refractivity contribution in [3.63, 3.8) is 0 Å². The van der Waals surface area contributed by atoms with Crippen molar-refractivity contribution in [2.45, 2.75) is 17.4 Å². The Morgan fingerprint density at radius 2 is 2.00 bits per heavy atom. The molecule has 1 unspecified atom stereocenters. The number of benzene rings is 1. The minimum atomic E-state index is -0.0632. The van der Waals surface area contributed by atoms with Crippen molar-refractivity contribution in [3.8, 4) is 0 Å². The summed E-state index contributed by atoms with van der Waals surface area (Å²) in [6.07, 6.45) is 5.22. The lowest BCUT2D eigenvalue weighted by Crippen LogP contribution is -2.48. The van der Waals surface area contributed by atoms with Crippen LogP contribution in [0, 0.1) is 0 Å². The molecule has 0 aromatic heterocycles. The molecule has 0 saturated carbocycles. The molecule has 1 aromatic rings. The van der Waals surface area contributed by atoms with Crippen LogP contribution in [-0.2, 0) is 0 Å². The molecule has 2 aliphatic rings. The summed E-state index contributed by atoms with van der Waals surface area (Å²) in [6, 6.07) is 6.27. The number of rotatable bonds is 2. The molecule has 0 fully saturated rings. The number of carbonyl (C=O) groups is 1. The first-order valence-corrected chi connectivity index (χ1v) is 8.83. The van der Waals surface area contributed by atoms with Gasteiger partial charge in [0.1, 0.15) is 0 Å². The maximum Gasteiger partial charge on any atom is 0.322 e. The summed E-state index contributed by atoms with van der Waals surface area (Å²) in [6.45, 7) is 0. The standard InChI is InChI=1S/C18H24N4OS/c1-19-18(23)22-14-8-6-12(20(2)3)10-16(14)24-17-11-13(21(4)5)7-9-15(17)22/h6-8,10-11,15H,9H2,1-5H3,(H,19,23). The molecule has 1 aromatic carbocycles. The van der Waals surface area contributed by atoms with E-state index in [1.54, 1.807) is 18.8 Å². The van der Waals surface area contributed by atoms with Crippen molar-refractivity contribution in [1.29, 1.82) is 0 Å². The SMILES string of the molecule is CNC(=O)N1c2ccc(N(C)C)cc2SC2=CC(N(C)C)=CCC21. The Balaban J connectivity index is 2.08. The van der Waals surface area contributed by atoms with Gasteiger partial charge in [-0.25, -0.2) is 4.79 Å². The van der Waals surface area contributed by atoms with E-state index >= 15 is 0 Å². The third-order valence-corrected chi connectivity index (χ3v) is 5.55. The maximum absolute atomic E-state index is 12.6. The minimum Gasteiger partial charge on any atom is -0.378 e. The molecule has 5 nitrogen and oxygen atoms in total. The Hall–Kier alpha value is -2.08. The van der Waals surface area contributed by atoms with E-state index in [2.05, 4.69) is 45.5 Å². The van der Waals surface area contributed by atoms with E-state index in [1.165, 1.54) is 10.6 Å². The number of thioether (sulfide) groups is 1. The molecule has 0 radical (unpaired) electrons. The highest BCUT2D eigenvalue weighted by atomic mass is 32.2. The normalized spacial score (nSPS) is 18.9. The number of carbonyl (C=O) groups excluding carboxylic acids is 1. The van der Waals surface area contributed by atoms with Gasteiger partial charge < -0.3 is 15.1 Å². The minimum absolute atomic E-state index is 0.0632. The molecule has 24 heavy (non-hydrogen) atoms. The third-order valence-electron chi connectivity index (χ3n) is 4.38. The number of hydrogen-bond donors (Lipinski definition) is 1. The Morgan fingerprint density at radius 1 is 1.25 bits per heavy atom. The van der Waals surface area contributed by atoms with Crippen molar-refractivity contribution in [1.82, 2.24) is 10.2 Å². The Kier molecular flexibility index (Phi) is 4.49. The van der Waals surface area contributed by atoms with E-state index < -0.39 is 0 Å². The van der Waals surface area contributed by atoms with Gasteiger partial charge in [-0.3, -0.25) is 4.90 Å². The lowest BCUT2D eigenvalue weighted by atomic mass is 10.0. The molecule has 0 spiro atoms. The number of urea groups is 1. The molecule has 1 atom stereocenters. The Morgan fingerprint density at radius 3 is 2.62 bits per heavy atom. The van der Waals surface area contributed by atoms with Crippen LogP contribution in [0.25, 0.3) is 0 Å². The van der Waals surface area contributed by atoms with Crippen LogP contribution in [-0.4, -0.2) is 52.2 Å². The van der Waals surface area contributed by atoms with Gasteiger partial charge in [-0.05, 0) is 30.7 Å². The van der Waals surface area contributed by atoms with Gasteiger partial charge in [-0.15, -0.1) is 0 Å². The lowest BCUT2D eigenvalue weighted by Gasteiger charge is -2.40. The second-order valence-corrected chi connectivity index (χ2v) is 7.51. The summed E-state index contributed by atoms with van der Waals surface area (Å²) in [5, 5.41) is 2.79. The number of hydrogen-bond acceptors (Lipinski definition) is 4. The Bertz CT molecular complexity index is 724. The molecule has 0 bridgehead atoms. The summed E-state index contributed by atoms with van der Waals surface area (Å²) in [5.74, 6) is 0. The molecular weight excluding hydrogens is 320 g/mol. The van der Waals surface area contributed by atoms with Gasteiger partial charge >= 0.3 is 6.03 Å². The van der Waals surface area contributed by atoms with Crippen LogP contribution in [0.3, 0.4) is 0 Å². The average molecular weight is 344 g/mol. The van der Waals surface area contributed by atoms with E-state index in [0.717, 1.165) is 22.7 Å². The number of nitrogens with one attached hydrogen (secondary N) is 1. The van der Waals surface area contributed by atoms with Crippen molar-refractivity contribution in [2.75, 3.05) is 45.0 Å². The number of likely N-dealkylation sites (N-methyl/N-ethyl adjacent to an activating group) is 1. The van der Waals surface area contributed by atoms with Gasteiger partial charge in [0.05, 0.1) is 11.7 Å². The van der Waals surface area contributed by atoms with Crippen molar-refractivity contribution in [3.05, 3.63) is 41.0 Å². The number of fused-ring (bicyclic) bond motifs is 2. The fourth-order valence-corrected chi connectivity index (χ4v) is 4.24. The summed E-state index contributed by atoms with van der Waals surface area (Å²) >= 11 is 1.77. The highest BCUT2D eigenvalue weighted by Crippen LogP contribution is 2.48. The van der Waals surface area contributed by atoms with Crippen molar-refractivity contribution >= 4 is 29.2 Å². The first-order chi connectivity index (χ1) is 11.4. The van der Waals surface area contributed by atoms with Crippen LogP contribution < -0.4 is 15.1 Å². The molecule has 1 N–H and O–H groups in total. The fourth-order valence-electron chi connectivity index (χ4n) is 3.02. The number of amides is 2. The highest BCUT2D eigenvalue weighted by Gasteiger charge is 2.36. The quantitative estimate of drug-likeness (QED) is 0.895. The van der Waals surface area contributed by atoms with Gasteiger partial charge in [0.2, 0.25) is 0 Å². The largest absolute Gasteiger partial charge is 0.378 e. The van der Waals surface area contributed by atoms with Gasteiger partial charge in [-0.1, -0.05) is 17.8 Å². The maximum atomic E-state index is 12.6. The van der Waals surface area contributed by atoms with E-state index in [0.29, 0.717) is 0 Å². The highest BCUT2D eigenvalue weighted by molar-refractivity contribution is 8.03. The fraction of sp³-hybridized carbons (Fsp3) is 0.389. The second kappa shape index (κ2) is 6.43. The topological polar surface area (TPSA) is 38.8 Å². The average Bonchev–Trinajstić information content (AvgIpc) is 2.57. The van der Waals surface area contributed by atoms with Crippen LogP contribution in [0.5, 0.6) is 0 Å². The number of anilines is 2. The zero-order valence-corrected chi connectivity index (χ0v) is 15.6. The molecule has 3 rings (SSSR count). The van der Waals surface area contributed by atoms with E-state index in [4.69, 9.17) is 0 Å². The molecule has 1 aliphatic heterocycles. The monoisotopic (exact) mass is 344 g/mol. The van der Waals surface area contributed by atoms with Gasteiger partial charge in [0.15, 0.2) is 0 Å². The molecule has 1 aliphatic carbocycles. The molecule has 128 valence electrons. The van der Waals surface area contributed by atoms with E-state index in [-0.39, 0.29) is 12.1 Å². The smallest absolute Gasteiger partial charge is 0.322 e.